The molecule has 0 bridgehead atoms. The van der Waals surface area contributed by atoms with Crippen molar-refractivity contribution in [2.75, 3.05) is 21.3 Å². The molecule has 1 heterocycles. The van der Waals surface area contributed by atoms with E-state index in [1.165, 1.54) is 34.9 Å². The molecule has 0 aliphatic carbocycles. The van der Waals surface area contributed by atoms with Gasteiger partial charge < -0.3 is 9.80 Å². The number of nitrogens with zero attached hydrogens (tertiary/aromatic N) is 4. The molecule has 0 aliphatic heterocycles. The first kappa shape index (κ1) is 25.3. The fourth-order valence-corrected chi connectivity index (χ4v) is 6.08. The molecule has 3 aromatic rings. The van der Waals surface area contributed by atoms with Crippen LogP contribution in [0, 0.1) is 0 Å². The zero-order valence-corrected chi connectivity index (χ0v) is 21.6. The number of carbonyl (C=O) groups excluding carboxylic acids is 2. The zero-order valence-electron chi connectivity index (χ0n) is 19.2. The van der Waals surface area contributed by atoms with Gasteiger partial charge in [-0.2, -0.15) is 0 Å². The molecule has 0 saturated carbocycles. The Bertz CT molecular complexity index is 960. The summed E-state index contributed by atoms with van der Waals surface area (Å²) in [5, 5.41) is 8.39. The van der Waals surface area contributed by atoms with E-state index in [4.69, 9.17) is 0 Å². The second-order valence-corrected chi connectivity index (χ2v) is 11.2. The van der Waals surface area contributed by atoms with Crippen molar-refractivity contribution in [2.45, 2.75) is 48.5 Å². The van der Waals surface area contributed by atoms with Crippen LogP contribution in [0.4, 0.5) is 11.4 Å². The molecule has 3 rings (SSSR count). The highest BCUT2D eigenvalue weighted by Crippen LogP contribution is 2.30. The van der Waals surface area contributed by atoms with Gasteiger partial charge in [0, 0.05) is 23.5 Å². The third-order valence-electron chi connectivity index (χ3n) is 4.67. The van der Waals surface area contributed by atoms with Gasteiger partial charge in [-0.25, -0.2) is 0 Å². The summed E-state index contributed by atoms with van der Waals surface area (Å²) in [4.78, 5) is 29.3. The molecular weight excluding hydrogens is 472 g/mol. The third kappa shape index (κ3) is 7.06. The van der Waals surface area contributed by atoms with Crippen molar-refractivity contribution < 1.29 is 9.59 Å². The van der Waals surface area contributed by atoms with Crippen LogP contribution in [0.3, 0.4) is 0 Å². The number of carbonyl (C=O) groups is 2. The Hall–Kier alpha value is -2.36. The maximum absolute atomic E-state index is 12.9. The predicted octanol–water partition coefficient (Wildman–Crippen LogP) is 5.61. The molecule has 0 atom stereocenters. The number of hydrogen-bond acceptors (Lipinski definition) is 7. The lowest BCUT2D eigenvalue weighted by atomic mass is 10.2. The van der Waals surface area contributed by atoms with Crippen molar-refractivity contribution in [1.29, 1.82) is 0 Å². The van der Waals surface area contributed by atoms with Crippen molar-refractivity contribution in [1.82, 2.24) is 10.2 Å². The van der Waals surface area contributed by atoms with Gasteiger partial charge in [-0.05, 0) is 52.0 Å². The van der Waals surface area contributed by atoms with Crippen LogP contribution in [0.15, 0.2) is 69.3 Å². The fraction of sp³-hybridized carbons (Fsp3) is 0.333. The molecule has 0 aliphatic rings. The minimum Gasteiger partial charge on any atom is -0.309 e. The minimum atomic E-state index is 0.0243. The number of rotatable bonds is 10. The summed E-state index contributed by atoms with van der Waals surface area (Å²) in [6.07, 6.45) is 0. The second-order valence-electron chi connectivity index (χ2n) is 7.80. The lowest BCUT2D eigenvalue weighted by Gasteiger charge is -2.26. The molecule has 2 aromatic carbocycles. The molecule has 6 nitrogen and oxygen atoms in total. The smallest absolute Gasteiger partial charge is 0.237 e. The van der Waals surface area contributed by atoms with E-state index in [1.54, 1.807) is 9.80 Å². The molecule has 1 aromatic heterocycles. The van der Waals surface area contributed by atoms with Gasteiger partial charge in [0.05, 0.1) is 11.5 Å². The normalized spacial score (nSPS) is 11.1. The number of anilines is 2. The molecule has 0 radical (unpaired) electrons. The number of para-hydroxylation sites is 2. The van der Waals surface area contributed by atoms with Crippen molar-refractivity contribution in [3.63, 3.8) is 0 Å². The molecule has 0 saturated heterocycles. The number of amides is 2. The Morgan fingerprint density at radius 3 is 1.42 bits per heavy atom. The molecule has 0 unspecified atom stereocenters. The van der Waals surface area contributed by atoms with Crippen LogP contribution in [-0.2, 0) is 9.59 Å². The highest BCUT2D eigenvalue weighted by Gasteiger charge is 2.21. The highest BCUT2D eigenvalue weighted by atomic mass is 32.2. The van der Waals surface area contributed by atoms with Crippen LogP contribution in [0.5, 0.6) is 0 Å². The average molecular weight is 501 g/mol. The number of hydrogen-bond donors (Lipinski definition) is 0. The van der Waals surface area contributed by atoms with E-state index in [-0.39, 0.29) is 35.4 Å². The third-order valence-corrected chi connectivity index (χ3v) is 7.82. The van der Waals surface area contributed by atoms with E-state index in [2.05, 4.69) is 10.2 Å². The molecule has 0 N–H and O–H groups in total. The SMILES string of the molecule is CC(C)N(C(=O)CSc1nnc(SCC(=O)N(c2ccccc2)C(C)C)s1)c1ccccc1. The van der Waals surface area contributed by atoms with Gasteiger partial charge in [0.2, 0.25) is 11.8 Å². The summed E-state index contributed by atoms with van der Waals surface area (Å²) in [5.41, 5.74) is 1.77. The van der Waals surface area contributed by atoms with Gasteiger partial charge in [0.15, 0.2) is 8.68 Å². The van der Waals surface area contributed by atoms with E-state index in [0.29, 0.717) is 0 Å². The molecule has 0 fully saturated rings. The van der Waals surface area contributed by atoms with E-state index in [9.17, 15) is 9.59 Å². The standard InChI is InChI=1S/C24H28N4O2S3/c1-17(2)27(19-11-7-5-8-12-19)21(29)15-31-23-25-26-24(33-23)32-16-22(30)28(18(3)4)20-13-9-6-10-14-20/h5-14,17-18H,15-16H2,1-4H3. The van der Waals surface area contributed by atoms with Crippen LogP contribution in [0.2, 0.25) is 0 Å². The Kier molecular flexibility index (Phi) is 9.34. The topological polar surface area (TPSA) is 66.4 Å². The molecule has 33 heavy (non-hydrogen) atoms. The van der Waals surface area contributed by atoms with Crippen molar-refractivity contribution in [3.05, 3.63) is 60.7 Å². The summed E-state index contributed by atoms with van der Waals surface area (Å²) in [5.74, 6) is 0.605. The van der Waals surface area contributed by atoms with Crippen molar-refractivity contribution in [2.24, 2.45) is 0 Å². The average Bonchev–Trinajstić information content (AvgIpc) is 3.25. The number of benzene rings is 2. The maximum Gasteiger partial charge on any atom is 0.237 e. The number of thioether (sulfide) groups is 2. The fourth-order valence-electron chi connectivity index (χ4n) is 3.34. The van der Waals surface area contributed by atoms with Gasteiger partial charge in [-0.1, -0.05) is 71.3 Å². The molecule has 2 amide bonds. The van der Waals surface area contributed by atoms with Gasteiger partial charge in [0.1, 0.15) is 0 Å². The van der Waals surface area contributed by atoms with Crippen LogP contribution in [-0.4, -0.2) is 45.6 Å². The largest absolute Gasteiger partial charge is 0.309 e. The van der Waals surface area contributed by atoms with E-state index < -0.39 is 0 Å². The Morgan fingerprint density at radius 1 is 0.727 bits per heavy atom. The highest BCUT2D eigenvalue weighted by molar-refractivity contribution is 8.03. The first-order valence-electron chi connectivity index (χ1n) is 10.7. The lowest BCUT2D eigenvalue weighted by Crippen LogP contribution is -2.38. The van der Waals surface area contributed by atoms with Crippen molar-refractivity contribution in [3.8, 4) is 0 Å². The summed E-state index contributed by atoms with van der Waals surface area (Å²) in [6, 6.07) is 19.5. The quantitative estimate of drug-likeness (QED) is 0.337. The summed E-state index contributed by atoms with van der Waals surface area (Å²) >= 11 is 4.17. The number of aromatic nitrogens is 2. The van der Waals surface area contributed by atoms with Gasteiger partial charge in [0.25, 0.3) is 0 Å². The monoisotopic (exact) mass is 500 g/mol. The molecule has 174 valence electrons. The Balaban J connectivity index is 1.55. The van der Waals surface area contributed by atoms with E-state index >= 15 is 0 Å². The molecular formula is C24H28N4O2S3. The second kappa shape index (κ2) is 12.2. The summed E-state index contributed by atoms with van der Waals surface area (Å²) in [7, 11) is 0. The maximum atomic E-state index is 12.9. The summed E-state index contributed by atoms with van der Waals surface area (Å²) in [6.45, 7) is 8.01. The first-order valence-corrected chi connectivity index (χ1v) is 13.5. The van der Waals surface area contributed by atoms with E-state index in [1.807, 2.05) is 88.4 Å². The van der Waals surface area contributed by atoms with Crippen LogP contribution >= 0.6 is 34.9 Å². The molecule has 9 heteroatoms. The van der Waals surface area contributed by atoms with Crippen LogP contribution in [0.1, 0.15) is 27.7 Å². The van der Waals surface area contributed by atoms with Crippen molar-refractivity contribution >= 4 is 58.0 Å². The zero-order chi connectivity index (χ0) is 23.8. The summed E-state index contributed by atoms with van der Waals surface area (Å²) < 4.78 is 1.44. The van der Waals surface area contributed by atoms with Gasteiger partial charge in [-0.3, -0.25) is 9.59 Å². The first-order chi connectivity index (χ1) is 15.9. The van der Waals surface area contributed by atoms with Gasteiger partial charge in [-0.15, -0.1) is 10.2 Å². The Morgan fingerprint density at radius 2 is 1.09 bits per heavy atom. The van der Waals surface area contributed by atoms with Crippen LogP contribution in [0.25, 0.3) is 0 Å². The molecule has 0 spiro atoms. The minimum absolute atomic E-state index is 0.0243. The van der Waals surface area contributed by atoms with Gasteiger partial charge >= 0.3 is 0 Å². The Labute approximate surface area is 207 Å². The van der Waals surface area contributed by atoms with E-state index in [0.717, 1.165) is 20.1 Å². The lowest BCUT2D eigenvalue weighted by molar-refractivity contribution is -0.117. The van der Waals surface area contributed by atoms with Crippen LogP contribution < -0.4 is 9.80 Å². The predicted molar refractivity (Wildman–Crippen MR) is 139 cm³/mol.